The second-order valence-corrected chi connectivity index (χ2v) is 11.5. The van der Waals surface area contributed by atoms with E-state index in [1.54, 1.807) is 18.3 Å². The average Bonchev–Trinajstić information content (AvgIpc) is 3.40. The lowest BCUT2D eigenvalue weighted by Gasteiger charge is -2.42. The summed E-state index contributed by atoms with van der Waals surface area (Å²) in [5, 5.41) is 12.3. The van der Waals surface area contributed by atoms with Gasteiger partial charge < -0.3 is 15.1 Å². The van der Waals surface area contributed by atoms with Crippen LogP contribution in [0.15, 0.2) is 42.6 Å². The summed E-state index contributed by atoms with van der Waals surface area (Å²) in [7, 11) is 2.13. The molecule has 218 valence electrons. The summed E-state index contributed by atoms with van der Waals surface area (Å²) in [6, 6.07) is 11.3. The van der Waals surface area contributed by atoms with Gasteiger partial charge in [0, 0.05) is 50.0 Å². The van der Waals surface area contributed by atoms with E-state index in [0.29, 0.717) is 48.0 Å². The van der Waals surface area contributed by atoms with Crippen LogP contribution in [0.4, 0.5) is 24.8 Å². The molecule has 2 aliphatic rings. The molecule has 11 heteroatoms. The molecule has 0 aliphatic carbocycles. The minimum absolute atomic E-state index is 0.250. The third-order valence-electron chi connectivity index (χ3n) is 8.81. The van der Waals surface area contributed by atoms with Crippen molar-refractivity contribution >= 4 is 28.3 Å². The third kappa shape index (κ3) is 5.21. The standard InChI is InChI=1S/C30H37F3N8/c1-5-34-23-10-12-39(13-11-23)26-9-7-21(14-24(26)30(31,32)33)22-6-8-25-27(15-22)41-28(16-35-25)36-37-29(41)40-17-19(2)38(4)20(3)18-40/h6-9,14-16,19-20,23,34H,5,10-13,17-18H2,1-4H3/t19-,20+. The van der Waals surface area contributed by atoms with Gasteiger partial charge in [0.05, 0.1) is 22.8 Å². The fourth-order valence-corrected chi connectivity index (χ4v) is 6.33. The molecule has 2 aromatic heterocycles. The van der Waals surface area contributed by atoms with Crippen LogP contribution in [0.3, 0.4) is 0 Å². The van der Waals surface area contributed by atoms with Gasteiger partial charge >= 0.3 is 6.18 Å². The van der Waals surface area contributed by atoms with Crippen LogP contribution in [0.1, 0.15) is 39.2 Å². The summed E-state index contributed by atoms with van der Waals surface area (Å²) in [6.07, 6.45) is -1.12. The molecule has 0 bridgehead atoms. The Kier molecular flexibility index (Phi) is 7.27. The first-order valence-corrected chi connectivity index (χ1v) is 14.4. The van der Waals surface area contributed by atoms with E-state index in [-0.39, 0.29) is 5.69 Å². The number of piperidine rings is 1. The molecule has 8 nitrogen and oxygen atoms in total. The molecule has 0 amide bonds. The molecule has 0 radical (unpaired) electrons. The number of aromatic nitrogens is 4. The number of fused-ring (bicyclic) bond motifs is 3. The van der Waals surface area contributed by atoms with Crippen LogP contribution in [0.2, 0.25) is 0 Å². The van der Waals surface area contributed by atoms with E-state index in [1.165, 1.54) is 6.07 Å². The van der Waals surface area contributed by atoms with Gasteiger partial charge in [0.15, 0.2) is 5.65 Å². The number of anilines is 2. The quantitative estimate of drug-likeness (QED) is 0.362. The molecular weight excluding hydrogens is 529 g/mol. The first-order chi connectivity index (χ1) is 19.6. The molecule has 2 fully saturated rings. The zero-order chi connectivity index (χ0) is 28.9. The van der Waals surface area contributed by atoms with Crippen molar-refractivity contribution in [3.05, 3.63) is 48.2 Å². The zero-order valence-electron chi connectivity index (χ0n) is 24.0. The van der Waals surface area contributed by atoms with Gasteiger partial charge in [0.1, 0.15) is 0 Å². The van der Waals surface area contributed by atoms with Crippen molar-refractivity contribution in [3.8, 4) is 11.1 Å². The highest BCUT2D eigenvalue weighted by Crippen LogP contribution is 2.40. The summed E-state index contributed by atoms with van der Waals surface area (Å²) in [4.78, 5) is 11.0. The van der Waals surface area contributed by atoms with E-state index in [4.69, 9.17) is 0 Å². The van der Waals surface area contributed by atoms with Crippen LogP contribution in [0.5, 0.6) is 0 Å². The Morgan fingerprint density at radius 3 is 2.29 bits per heavy atom. The topological polar surface area (TPSA) is 64.8 Å². The number of nitrogens with one attached hydrogen (secondary N) is 1. The number of benzene rings is 2. The Hall–Kier alpha value is -3.44. The maximum absolute atomic E-state index is 14.4. The van der Waals surface area contributed by atoms with E-state index in [0.717, 1.165) is 49.5 Å². The summed E-state index contributed by atoms with van der Waals surface area (Å²) < 4.78 is 45.1. The Balaban J connectivity index is 1.39. The second kappa shape index (κ2) is 10.8. The van der Waals surface area contributed by atoms with Crippen molar-refractivity contribution in [3.63, 3.8) is 0 Å². The molecule has 2 aliphatic heterocycles. The number of nitrogens with zero attached hydrogens (tertiary/aromatic N) is 7. The van der Waals surface area contributed by atoms with Crippen LogP contribution in [-0.4, -0.2) is 82.4 Å². The lowest BCUT2D eigenvalue weighted by atomic mass is 9.98. The highest BCUT2D eigenvalue weighted by atomic mass is 19.4. The molecule has 4 aromatic rings. The monoisotopic (exact) mass is 566 g/mol. The van der Waals surface area contributed by atoms with Gasteiger partial charge in [-0.2, -0.15) is 13.2 Å². The fraction of sp³-hybridized carbons (Fsp3) is 0.500. The summed E-state index contributed by atoms with van der Waals surface area (Å²) in [5.41, 5.74) is 2.96. The van der Waals surface area contributed by atoms with Crippen LogP contribution in [-0.2, 0) is 6.18 Å². The van der Waals surface area contributed by atoms with Gasteiger partial charge in [0.2, 0.25) is 5.95 Å². The lowest BCUT2D eigenvalue weighted by Crippen LogP contribution is -2.55. The Bertz CT molecular complexity index is 1530. The van der Waals surface area contributed by atoms with E-state index in [9.17, 15) is 13.2 Å². The lowest BCUT2D eigenvalue weighted by molar-refractivity contribution is -0.137. The Morgan fingerprint density at radius 2 is 1.61 bits per heavy atom. The van der Waals surface area contributed by atoms with Crippen molar-refractivity contribution in [2.45, 2.75) is 57.9 Å². The normalized spacial score (nSPS) is 21.3. The Morgan fingerprint density at radius 1 is 0.927 bits per heavy atom. The van der Waals surface area contributed by atoms with Gasteiger partial charge in [0.25, 0.3) is 0 Å². The molecule has 4 heterocycles. The molecule has 1 N–H and O–H groups in total. The van der Waals surface area contributed by atoms with Crippen molar-refractivity contribution in [2.75, 3.05) is 49.6 Å². The fourth-order valence-electron chi connectivity index (χ4n) is 6.33. The number of piperazine rings is 1. The number of rotatable bonds is 5. The Labute approximate surface area is 238 Å². The van der Waals surface area contributed by atoms with Crippen molar-refractivity contribution in [1.29, 1.82) is 0 Å². The molecule has 41 heavy (non-hydrogen) atoms. The number of halogens is 3. The summed E-state index contributed by atoms with van der Waals surface area (Å²) >= 11 is 0. The van der Waals surface area contributed by atoms with Crippen LogP contribution in [0, 0.1) is 0 Å². The molecule has 2 saturated heterocycles. The average molecular weight is 567 g/mol. The first kappa shape index (κ1) is 27.7. The maximum Gasteiger partial charge on any atom is 0.418 e. The predicted octanol–water partition coefficient (Wildman–Crippen LogP) is 5.07. The molecule has 0 saturated carbocycles. The number of hydrogen-bond donors (Lipinski definition) is 1. The second-order valence-electron chi connectivity index (χ2n) is 11.5. The SMILES string of the molecule is CCNC1CCN(c2ccc(-c3ccc4ncc5nnc(N6C[C@@H](C)N(C)[C@@H](C)C6)n5c4c3)cc2C(F)(F)F)CC1. The van der Waals surface area contributed by atoms with Crippen LogP contribution < -0.4 is 15.1 Å². The van der Waals surface area contributed by atoms with Crippen molar-refractivity contribution in [2.24, 2.45) is 0 Å². The maximum atomic E-state index is 14.4. The van der Waals surface area contributed by atoms with Gasteiger partial charge in [-0.3, -0.25) is 14.3 Å². The highest BCUT2D eigenvalue weighted by molar-refractivity contribution is 5.85. The molecule has 0 spiro atoms. The largest absolute Gasteiger partial charge is 0.418 e. The third-order valence-corrected chi connectivity index (χ3v) is 8.81. The minimum atomic E-state index is -4.47. The smallest absolute Gasteiger partial charge is 0.371 e. The van der Waals surface area contributed by atoms with E-state index >= 15 is 0 Å². The van der Waals surface area contributed by atoms with Gasteiger partial charge in [-0.1, -0.05) is 19.1 Å². The molecule has 6 rings (SSSR count). The number of likely N-dealkylation sites (N-methyl/N-ethyl adjacent to an activating group) is 1. The van der Waals surface area contributed by atoms with Crippen molar-refractivity contribution in [1.82, 2.24) is 29.8 Å². The van der Waals surface area contributed by atoms with E-state index in [2.05, 4.69) is 58.1 Å². The molecule has 2 aromatic carbocycles. The molecular formula is C30H37F3N8. The van der Waals surface area contributed by atoms with Crippen molar-refractivity contribution < 1.29 is 13.2 Å². The highest BCUT2D eigenvalue weighted by Gasteiger charge is 2.36. The predicted molar refractivity (Wildman–Crippen MR) is 157 cm³/mol. The van der Waals surface area contributed by atoms with Gasteiger partial charge in [-0.15, -0.1) is 10.2 Å². The first-order valence-electron chi connectivity index (χ1n) is 14.4. The van der Waals surface area contributed by atoms with E-state index < -0.39 is 11.7 Å². The zero-order valence-corrected chi connectivity index (χ0v) is 24.0. The molecule has 0 unspecified atom stereocenters. The molecule has 2 atom stereocenters. The number of hydrogen-bond acceptors (Lipinski definition) is 7. The summed E-state index contributed by atoms with van der Waals surface area (Å²) in [5.74, 6) is 0.726. The number of alkyl halides is 3. The van der Waals surface area contributed by atoms with Crippen LogP contribution in [0.25, 0.3) is 27.8 Å². The van der Waals surface area contributed by atoms with E-state index in [1.807, 2.05) is 27.5 Å². The summed E-state index contributed by atoms with van der Waals surface area (Å²) in [6.45, 7) is 10.1. The minimum Gasteiger partial charge on any atom is -0.371 e. The van der Waals surface area contributed by atoms with Gasteiger partial charge in [-0.05, 0) is 75.7 Å². The van der Waals surface area contributed by atoms with Gasteiger partial charge in [-0.25, -0.2) is 0 Å². The van der Waals surface area contributed by atoms with Crippen LogP contribution >= 0.6 is 0 Å².